The van der Waals surface area contributed by atoms with Crippen molar-refractivity contribution >= 4 is 0 Å². The Labute approximate surface area is 94.4 Å². The smallest absolute Gasteiger partial charge is 0.00272 e. The third-order valence-electron chi connectivity index (χ3n) is 4.16. The van der Waals surface area contributed by atoms with E-state index < -0.39 is 0 Å². The minimum atomic E-state index is 0.518. The zero-order valence-corrected chi connectivity index (χ0v) is 10.6. The first-order valence-corrected chi connectivity index (χ1v) is 6.49. The second kappa shape index (κ2) is 4.42. The van der Waals surface area contributed by atoms with E-state index in [-0.39, 0.29) is 0 Å². The molecule has 0 aliphatic carbocycles. The number of nitrogens with zero attached hydrogens (tertiary/aromatic N) is 1. The first-order chi connectivity index (χ1) is 7.05. The van der Waals surface area contributed by atoms with Gasteiger partial charge in [-0.2, -0.15) is 0 Å². The molecule has 88 valence electrons. The fourth-order valence-corrected chi connectivity index (χ4v) is 2.70. The largest absolute Gasteiger partial charge is 0.317 e. The van der Waals surface area contributed by atoms with E-state index in [0.29, 0.717) is 5.41 Å². The summed E-state index contributed by atoms with van der Waals surface area (Å²) in [5.41, 5.74) is 0.518. The fourth-order valence-electron chi connectivity index (χ4n) is 2.70. The van der Waals surface area contributed by atoms with Gasteiger partial charge in [0.2, 0.25) is 0 Å². The lowest BCUT2D eigenvalue weighted by Crippen LogP contribution is -2.53. The molecule has 0 aromatic rings. The van der Waals surface area contributed by atoms with Crippen molar-refractivity contribution in [1.29, 1.82) is 0 Å². The molecule has 2 fully saturated rings. The summed E-state index contributed by atoms with van der Waals surface area (Å²) in [4.78, 5) is 2.66. The zero-order chi connectivity index (χ0) is 10.9. The van der Waals surface area contributed by atoms with Gasteiger partial charge in [0.15, 0.2) is 0 Å². The normalized spacial score (nSPS) is 26.6. The van der Waals surface area contributed by atoms with Gasteiger partial charge >= 0.3 is 0 Å². The summed E-state index contributed by atoms with van der Waals surface area (Å²) in [5.74, 6) is 1.89. The van der Waals surface area contributed by atoms with E-state index in [1.54, 1.807) is 0 Å². The molecular weight excluding hydrogens is 184 g/mol. The van der Waals surface area contributed by atoms with Crippen LogP contribution in [0.4, 0.5) is 0 Å². The average molecular weight is 210 g/mol. The molecule has 1 N–H and O–H groups in total. The van der Waals surface area contributed by atoms with Gasteiger partial charge in [-0.3, -0.25) is 0 Å². The number of likely N-dealkylation sites (tertiary alicyclic amines) is 1. The maximum atomic E-state index is 3.44. The van der Waals surface area contributed by atoms with Crippen LogP contribution in [0.1, 0.15) is 33.6 Å². The van der Waals surface area contributed by atoms with Gasteiger partial charge in [-0.1, -0.05) is 20.8 Å². The number of nitrogens with one attached hydrogen (secondary N) is 1. The Bertz CT molecular complexity index is 195. The molecule has 2 aliphatic rings. The van der Waals surface area contributed by atoms with Gasteiger partial charge in [-0.15, -0.1) is 0 Å². The predicted molar refractivity (Wildman–Crippen MR) is 65.0 cm³/mol. The second-order valence-corrected chi connectivity index (χ2v) is 6.47. The van der Waals surface area contributed by atoms with Gasteiger partial charge in [0.25, 0.3) is 0 Å². The third-order valence-corrected chi connectivity index (χ3v) is 4.16. The Balaban J connectivity index is 1.67. The minimum Gasteiger partial charge on any atom is -0.317 e. The fraction of sp³-hybridized carbons (Fsp3) is 1.00. The summed E-state index contributed by atoms with van der Waals surface area (Å²) in [6.45, 7) is 13.6. The van der Waals surface area contributed by atoms with Gasteiger partial charge in [0, 0.05) is 19.6 Å². The molecule has 0 radical (unpaired) electrons. The first kappa shape index (κ1) is 11.4. The van der Waals surface area contributed by atoms with Gasteiger partial charge in [-0.25, -0.2) is 0 Å². The Morgan fingerprint density at radius 3 is 2.27 bits per heavy atom. The summed E-state index contributed by atoms with van der Waals surface area (Å²) >= 11 is 0. The zero-order valence-electron chi connectivity index (χ0n) is 10.6. The van der Waals surface area contributed by atoms with Crippen LogP contribution in [-0.2, 0) is 0 Å². The van der Waals surface area contributed by atoms with Crippen LogP contribution in [-0.4, -0.2) is 37.6 Å². The lowest BCUT2D eigenvalue weighted by atomic mass is 9.75. The molecule has 2 heteroatoms. The monoisotopic (exact) mass is 210 g/mol. The van der Waals surface area contributed by atoms with Crippen molar-refractivity contribution in [1.82, 2.24) is 10.2 Å². The highest BCUT2D eigenvalue weighted by Crippen LogP contribution is 2.34. The van der Waals surface area contributed by atoms with Crippen LogP contribution in [0.2, 0.25) is 0 Å². The van der Waals surface area contributed by atoms with Gasteiger partial charge in [0.1, 0.15) is 0 Å². The van der Waals surface area contributed by atoms with Crippen molar-refractivity contribution in [3.8, 4) is 0 Å². The Morgan fingerprint density at radius 1 is 1.13 bits per heavy atom. The lowest BCUT2D eigenvalue weighted by Gasteiger charge is -2.47. The maximum Gasteiger partial charge on any atom is 0.00272 e. The van der Waals surface area contributed by atoms with E-state index in [1.165, 1.54) is 45.6 Å². The van der Waals surface area contributed by atoms with E-state index in [4.69, 9.17) is 0 Å². The van der Waals surface area contributed by atoms with Crippen LogP contribution in [0.15, 0.2) is 0 Å². The average Bonchev–Trinajstić information content (AvgIpc) is 2.10. The summed E-state index contributed by atoms with van der Waals surface area (Å²) in [7, 11) is 0. The van der Waals surface area contributed by atoms with Crippen molar-refractivity contribution < 1.29 is 0 Å². The lowest BCUT2D eigenvalue weighted by molar-refractivity contribution is 0.0108. The van der Waals surface area contributed by atoms with E-state index >= 15 is 0 Å². The Hall–Kier alpha value is -0.0800. The van der Waals surface area contributed by atoms with Crippen molar-refractivity contribution in [2.24, 2.45) is 17.3 Å². The standard InChI is InChI=1S/C13H26N2/c1-13(2,3)12-9-15(10-12)8-11-4-6-14-7-5-11/h11-12,14H,4-10H2,1-3H3. The van der Waals surface area contributed by atoms with E-state index in [2.05, 4.69) is 31.0 Å². The maximum absolute atomic E-state index is 3.44. The molecule has 0 amide bonds. The first-order valence-electron chi connectivity index (χ1n) is 6.49. The highest BCUT2D eigenvalue weighted by molar-refractivity contribution is 4.89. The molecule has 0 bridgehead atoms. The molecule has 2 rings (SSSR count). The number of hydrogen-bond donors (Lipinski definition) is 1. The van der Waals surface area contributed by atoms with Gasteiger partial charge in [0.05, 0.1) is 0 Å². The van der Waals surface area contributed by atoms with Crippen LogP contribution in [0, 0.1) is 17.3 Å². The second-order valence-electron chi connectivity index (χ2n) is 6.47. The number of piperidine rings is 1. The minimum absolute atomic E-state index is 0.518. The van der Waals surface area contributed by atoms with Crippen LogP contribution in [0.5, 0.6) is 0 Å². The van der Waals surface area contributed by atoms with Crippen LogP contribution in [0.25, 0.3) is 0 Å². The molecule has 0 aromatic carbocycles. The van der Waals surface area contributed by atoms with Crippen LogP contribution >= 0.6 is 0 Å². The molecule has 2 aliphatic heterocycles. The molecule has 2 heterocycles. The Morgan fingerprint density at radius 2 is 1.73 bits per heavy atom. The molecule has 0 unspecified atom stereocenters. The molecule has 2 saturated heterocycles. The third kappa shape index (κ3) is 2.94. The molecule has 2 nitrogen and oxygen atoms in total. The van der Waals surface area contributed by atoms with Crippen LogP contribution < -0.4 is 5.32 Å². The van der Waals surface area contributed by atoms with Crippen molar-refractivity contribution in [2.75, 3.05) is 32.7 Å². The molecule has 0 aromatic heterocycles. The van der Waals surface area contributed by atoms with Crippen molar-refractivity contribution in [3.63, 3.8) is 0 Å². The predicted octanol–water partition coefficient (Wildman–Crippen LogP) is 1.96. The summed E-state index contributed by atoms with van der Waals surface area (Å²) in [5, 5.41) is 3.44. The van der Waals surface area contributed by atoms with E-state index in [9.17, 15) is 0 Å². The number of rotatable bonds is 2. The van der Waals surface area contributed by atoms with E-state index in [0.717, 1.165) is 11.8 Å². The van der Waals surface area contributed by atoms with Crippen molar-refractivity contribution in [2.45, 2.75) is 33.6 Å². The molecular formula is C13H26N2. The summed E-state index contributed by atoms with van der Waals surface area (Å²) in [6, 6.07) is 0. The highest BCUT2D eigenvalue weighted by Gasteiger charge is 2.36. The quantitative estimate of drug-likeness (QED) is 0.749. The number of hydrogen-bond acceptors (Lipinski definition) is 2. The van der Waals surface area contributed by atoms with Gasteiger partial charge in [-0.05, 0) is 43.2 Å². The molecule has 0 saturated carbocycles. The topological polar surface area (TPSA) is 15.3 Å². The van der Waals surface area contributed by atoms with E-state index in [1.807, 2.05) is 0 Å². The SMILES string of the molecule is CC(C)(C)C1CN(CC2CCNCC2)C1. The molecule has 15 heavy (non-hydrogen) atoms. The van der Waals surface area contributed by atoms with Crippen LogP contribution in [0.3, 0.4) is 0 Å². The summed E-state index contributed by atoms with van der Waals surface area (Å²) < 4.78 is 0. The summed E-state index contributed by atoms with van der Waals surface area (Å²) in [6.07, 6.45) is 2.77. The molecule has 0 atom stereocenters. The van der Waals surface area contributed by atoms with Crippen molar-refractivity contribution in [3.05, 3.63) is 0 Å². The molecule has 0 spiro atoms. The Kier molecular flexibility index (Phi) is 3.36. The van der Waals surface area contributed by atoms with Gasteiger partial charge < -0.3 is 10.2 Å². The highest BCUT2D eigenvalue weighted by atomic mass is 15.2.